The van der Waals surface area contributed by atoms with Crippen LogP contribution in [0.3, 0.4) is 0 Å². The molecule has 0 aliphatic carbocycles. The highest BCUT2D eigenvalue weighted by Gasteiger charge is 2.39. The van der Waals surface area contributed by atoms with Crippen LogP contribution in [-0.2, 0) is 14.3 Å². The third-order valence-electron chi connectivity index (χ3n) is 2.93. The average molecular weight is 256 g/mol. The Morgan fingerprint density at radius 3 is 2.89 bits per heavy atom. The summed E-state index contributed by atoms with van der Waals surface area (Å²) in [5.41, 5.74) is -0.571. The zero-order chi connectivity index (χ0) is 13.3. The van der Waals surface area contributed by atoms with Gasteiger partial charge in [0, 0.05) is 6.54 Å². The number of nitrogens with zero attached hydrogens (tertiary/aromatic N) is 1. The van der Waals surface area contributed by atoms with Crippen molar-refractivity contribution < 1.29 is 19.1 Å². The van der Waals surface area contributed by atoms with Gasteiger partial charge in [-0.3, -0.25) is 4.79 Å². The Morgan fingerprint density at radius 2 is 2.22 bits per heavy atom. The lowest BCUT2D eigenvalue weighted by atomic mass is 10.2. The standard InChI is InChI=1S/C12H20N2O4/c1-12(2,3)18-11(16)13-8-7-17-9-5-4-6-14(9)10(8)15/h8-9H,4-7H2,1-3H3,(H,13,16)/t8-,9-/m0/s1. The second kappa shape index (κ2) is 4.76. The molecule has 6 nitrogen and oxygen atoms in total. The third-order valence-corrected chi connectivity index (χ3v) is 2.93. The Morgan fingerprint density at radius 1 is 1.50 bits per heavy atom. The molecule has 2 rings (SSSR count). The van der Waals surface area contributed by atoms with Crippen molar-refractivity contribution >= 4 is 12.0 Å². The normalized spacial score (nSPS) is 27.9. The zero-order valence-corrected chi connectivity index (χ0v) is 11.1. The summed E-state index contributed by atoms with van der Waals surface area (Å²) in [5, 5.41) is 2.56. The number of rotatable bonds is 1. The van der Waals surface area contributed by atoms with Crippen molar-refractivity contribution in [2.24, 2.45) is 0 Å². The highest BCUT2D eigenvalue weighted by Crippen LogP contribution is 2.23. The molecule has 0 radical (unpaired) electrons. The molecule has 2 atom stereocenters. The molecular weight excluding hydrogens is 236 g/mol. The van der Waals surface area contributed by atoms with E-state index in [0.717, 1.165) is 12.8 Å². The van der Waals surface area contributed by atoms with Gasteiger partial charge in [0.05, 0.1) is 6.61 Å². The molecule has 2 heterocycles. The van der Waals surface area contributed by atoms with Crippen LogP contribution in [-0.4, -0.2) is 47.9 Å². The number of fused-ring (bicyclic) bond motifs is 1. The first-order chi connectivity index (χ1) is 8.37. The van der Waals surface area contributed by atoms with E-state index in [-0.39, 0.29) is 18.7 Å². The third kappa shape index (κ3) is 2.93. The molecule has 0 spiro atoms. The van der Waals surface area contributed by atoms with Crippen LogP contribution in [0.15, 0.2) is 0 Å². The Bertz CT molecular complexity index is 350. The molecule has 18 heavy (non-hydrogen) atoms. The van der Waals surface area contributed by atoms with E-state index in [0.29, 0.717) is 6.54 Å². The van der Waals surface area contributed by atoms with Gasteiger partial charge >= 0.3 is 6.09 Å². The summed E-state index contributed by atoms with van der Waals surface area (Å²) in [6.45, 7) is 6.27. The van der Waals surface area contributed by atoms with Gasteiger partial charge in [-0.05, 0) is 33.6 Å². The second-order valence-electron chi connectivity index (χ2n) is 5.66. The summed E-state index contributed by atoms with van der Waals surface area (Å²) in [4.78, 5) is 25.4. The summed E-state index contributed by atoms with van der Waals surface area (Å²) < 4.78 is 10.7. The van der Waals surface area contributed by atoms with Crippen molar-refractivity contribution in [1.82, 2.24) is 10.2 Å². The Labute approximate surface area is 107 Å². The van der Waals surface area contributed by atoms with Gasteiger partial charge in [0.25, 0.3) is 0 Å². The summed E-state index contributed by atoms with van der Waals surface area (Å²) in [6.07, 6.45) is 1.15. The summed E-state index contributed by atoms with van der Waals surface area (Å²) >= 11 is 0. The Hall–Kier alpha value is -1.30. The number of hydrogen-bond acceptors (Lipinski definition) is 4. The fraction of sp³-hybridized carbons (Fsp3) is 0.833. The van der Waals surface area contributed by atoms with Gasteiger partial charge in [0.1, 0.15) is 17.9 Å². The number of carbonyl (C=O) groups is 2. The minimum atomic E-state index is -0.630. The van der Waals surface area contributed by atoms with Gasteiger partial charge in [-0.15, -0.1) is 0 Å². The molecular formula is C12H20N2O4. The lowest BCUT2D eigenvalue weighted by molar-refractivity contribution is -0.158. The smallest absolute Gasteiger partial charge is 0.408 e. The van der Waals surface area contributed by atoms with Crippen LogP contribution < -0.4 is 5.32 Å². The number of amides is 2. The minimum absolute atomic E-state index is 0.0744. The molecule has 2 aliphatic rings. The van der Waals surface area contributed by atoms with Gasteiger partial charge in [-0.1, -0.05) is 0 Å². The molecule has 2 fully saturated rings. The lowest BCUT2D eigenvalue weighted by Crippen LogP contribution is -2.57. The molecule has 0 bridgehead atoms. The maximum atomic E-state index is 12.1. The van der Waals surface area contributed by atoms with Crippen LogP contribution in [0, 0.1) is 0 Å². The van der Waals surface area contributed by atoms with E-state index < -0.39 is 17.7 Å². The van der Waals surface area contributed by atoms with E-state index in [1.165, 1.54) is 0 Å². The molecule has 0 aromatic rings. The van der Waals surface area contributed by atoms with Crippen LogP contribution in [0.1, 0.15) is 33.6 Å². The van der Waals surface area contributed by atoms with E-state index in [9.17, 15) is 9.59 Å². The lowest BCUT2D eigenvalue weighted by Gasteiger charge is -2.35. The van der Waals surface area contributed by atoms with E-state index in [4.69, 9.17) is 9.47 Å². The molecule has 0 aromatic heterocycles. The fourth-order valence-electron chi connectivity index (χ4n) is 2.19. The molecule has 0 saturated carbocycles. The highest BCUT2D eigenvalue weighted by molar-refractivity contribution is 5.86. The van der Waals surface area contributed by atoms with Crippen molar-refractivity contribution in [3.8, 4) is 0 Å². The molecule has 2 aliphatic heterocycles. The van der Waals surface area contributed by atoms with E-state index in [2.05, 4.69) is 5.32 Å². The number of ether oxygens (including phenoxy) is 2. The summed E-state index contributed by atoms with van der Waals surface area (Å²) in [5.74, 6) is -0.0744. The first-order valence-electron chi connectivity index (χ1n) is 6.28. The predicted molar refractivity (Wildman–Crippen MR) is 63.8 cm³/mol. The SMILES string of the molecule is CC(C)(C)OC(=O)N[C@H]1CO[C@H]2CCCN2C1=O. The van der Waals surface area contributed by atoms with E-state index in [1.54, 1.807) is 25.7 Å². The largest absolute Gasteiger partial charge is 0.444 e. The topological polar surface area (TPSA) is 67.9 Å². The monoisotopic (exact) mass is 256 g/mol. The molecule has 2 amide bonds. The van der Waals surface area contributed by atoms with Crippen molar-refractivity contribution in [2.45, 2.75) is 51.5 Å². The number of carbonyl (C=O) groups excluding carboxylic acids is 2. The van der Waals surface area contributed by atoms with Gasteiger partial charge in [-0.2, -0.15) is 0 Å². The number of alkyl carbamates (subject to hydrolysis) is 1. The maximum absolute atomic E-state index is 12.1. The molecule has 1 N–H and O–H groups in total. The number of nitrogens with one attached hydrogen (secondary N) is 1. The first kappa shape index (κ1) is 13.1. The predicted octanol–water partition coefficient (Wildman–Crippen LogP) is 0.858. The molecule has 0 unspecified atom stereocenters. The minimum Gasteiger partial charge on any atom is -0.444 e. The van der Waals surface area contributed by atoms with Crippen LogP contribution in [0.4, 0.5) is 4.79 Å². The molecule has 102 valence electrons. The van der Waals surface area contributed by atoms with Gasteiger partial charge < -0.3 is 19.7 Å². The van der Waals surface area contributed by atoms with Crippen molar-refractivity contribution in [1.29, 1.82) is 0 Å². The van der Waals surface area contributed by atoms with Crippen LogP contribution in [0.25, 0.3) is 0 Å². The molecule has 2 saturated heterocycles. The average Bonchev–Trinajstić information content (AvgIpc) is 2.68. The Kier molecular flexibility index (Phi) is 3.47. The highest BCUT2D eigenvalue weighted by atomic mass is 16.6. The van der Waals surface area contributed by atoms with Crippen molar-refractivity contribution in [3.63, 3.8) is 0 Å². The van der Waals surface area contributed by atoms with Gasteiger partial charge in [0.15, 0.2) is 0 Å². The van der Waals surface area contributed by atoms with Crippen LogP contribution >= 0.6 is 0 Å². The fourth-order valence-corrected chi connectivity index (χ4v) is 2.19. The quantitative estimate of drug-likeness (QED) is 0.755. The first-order valence-corrected chi connectivity index (χ1v) is 6.28. The summed E-state index contributed by atoms with van der Waals surface area (Å²) in [6, 6.07) is -0.630. The molecule has 0 aromatic carbocycles. The second-order valence-corrected chi connectivity index (χ2v) is 5.66. The number of hydrogen-bond donors (Lipinski definition) is 1. The van der Waals surface area contributed by atoms with Crippen molar-refractivity contribution in [3.05, 3.63) is 0 Å². The van der Waals surface area contributed by atoms with Gasteiger partial charge in [0.2, 0.25) is 5.91 Å². The zero-order valence-electron chi connectivity index (χ0n) is 11.1. The van der Waals surface area contributed by atoms with Crippen molar-refractivity contribution in [2.75, 3.05) is 13.2 Å². The van der Waals surface area contributed by atoms with E-state index >= 15 is 0 Å². The Balaban J connectivity index is 1.90. The summed E-state index contributed by atoms with van der Waals surface area (Å²) in [7, 11) is 0. The van der Waals surface area contributed by atoms with Gasteiger partial charge in [-0.25, -0.2) is 4.79 Å². The maximum Gasteiger partial charge on any atom is 0.408 e. The molecule has 6 heteroatoms. The van der Waals surface area contributed by atoms with E-state index in [1.807, 2.05) is 0 Å². The van der Waals surface area contributed by atoms with Crippen LogP contribution in [0.5, 0.6) is 0 Å². The van der Waals surface area contributed by atoms with Crippen LogP contribution in [0.2, 0.25) is 0 Å².